The maximum atomic E-state index is 11.7. The van der Waals surface area contributed by atoms with Gasteiger partial charge < -0.3 is 9.64 Å². The Morgan fingerprint density at radius 3 is 2.56 bits per heavy atom. The van der Waals surface area contributed by atoms with Crippen LogP contribution in [0.4, 0.5) is 0 Å². The lowest BCUT2D eigenvalue weighted by Gasteiger charge is -2.27. The third-order valence-corrected chi connectivity index (χ3v) is 3.07. The number of carbonyl (C=O) groups is 2. The van der Waals surface area contributed by atoms with Crippen molar-refractivity contribution in [2.45, 2.75) is 39.0 Å². The Balaban J connectivity index is 2.14. The number of ether oxygens (including phenoxy) is 1. The predicted octanol–water partition coefficient (Wildman–Crippen LogP) is 1.59. The summed E-state index contributed by atoms with van der Waals surface area (Å²) in [7, 11) is 1.75. The van der Waals surface area contributed by atoms with Gasteiger partial charge in [-0.1, -0.05) is 6.42 Å². The minimum atomic E-state index is -0.231. The highest BCUT2D eigenvalue weighted by Gasteiger charge is 2.22. The van der Waals surface area contributed by atoms with E-state index in [0.717, 1.165) is 0 Å². The van der Waals surface area contributed by atoms with Crippen LogP contribution in [-0.2, 0) is 14.3 Å². The molecule has 0 aromatic carbocycles. The lowest BCUT2D eigenvalue weighted by molar-refractivity contribution is -0.144. The summed E-state index contributed by atoms with van der Waals surface area (Å²) in [5.74, 6) is 0.498. The summed E-state index contributed by atoms with van der Waals surface area (Å²) in [4.78, 5) is 24.4. The van der Waals surface area contributed by atoms with E-state index in [2.05, 4.69) is 0 Å². The first-order valence-electron chi connectivity index (χ1n) is 6.03. The molecule has 0 N–H and O–H groups in total. The molecule has 1 fully saturated rings. The van der Waals surface area contributed by atoms with Crippen molar-refractivity contribution in [3.05, 3.63) is 0 Å². The minimum absolute atomic E-state index is 0.147. The fourth-order valence-electron chi connectivity index (χ4n) is 1.72. The molecule has 1 rings (SSSR count). The smallest absolute Gasteiger partial charge is 0.307 e. The number of nitrogens with zero attached hydrogens (tertiary/aromatic N) is 1. The van der Waals surface area contributed by atoms with Crippen LogP contribution in [0, 0.1) is 5.92 Å². The molecule has 0 aromatic rings. The van der Waals surface area contributed by atoms with Gasteiger partial charge in [0.05, 0.1) is 13.0 Å². The standard InChI is InChI=1S/C12H21NO3/c1-3-16-12(15)7-8-13(2)11(14)9-10-5-4-6-10/h10H,3-9H2,1-2H3. The first-order valence-corrected chi connectivity index (χ1v) is 6.03. The summed E-state index contributed by atoms with van der Waals surface area (Å²) in [6, 6.07) is 0. The van der Waals surface area contributed by atoms with Crippen LogP contribution in [-0.4, -0.2) is 37.0 Å². The largest absolute Gasteiger partial charge is 0.466 e. The van der Waals surface area contributed by atoms with Gasteiger partial charge in [0.25, 0.3) is 0 Å². The monoisotopic (exact) mass is 227 g/mol. The van der Waals surface area contributed by atoms with Crippen LogP contribution in [0.2, 0.25) is 0 Å². The number of hydrogen-bond acceptors (Lipinski definition) is 3. The predicted molar refractivity (Wildman–Crippen MR) is 60.8 cm³/mol. The first-order chi connectivity index (χ1) is 7.63. The highest BCUT2D eigenvalue weighted by molar-refractivity contribution is 5.77. The second kappa shape index (κ2) is 6.51. The molecule has 0 heterocycles. The normalized spacial score (nSPS) is 15.4. The molecular weight excluding hydrogens is 206 g/mol. The highest BCUT2D eigenvalue weighted by Crippen LogP contribution is 2.29. The Kier molecular flexibility index (Phi) is 5.29. The Labute approximate surface area is 96.9 Å². The number of amides is 1. The number of rotatable bonds is 6. The molecule has 0 bridgehead atoms. The average Bonchev–Trinajstić information content (AvgIpc) is 2.20. The molecule has 16 heavy (non-hydrogen) atoms. The molecule has 0 aromatic heterocycles. The van der Waals surface area contributed by atoms with Gasteiger partial charge in [-0.15, -0.1) is 0 Å². The Hall–Kier alpha value is -1.06. The van der Waals surface area contributed by atoms with Crippen LogP contribution in [0.25, 0.3) is 0 Å². The number of hydrogen-bond donors (Lipinski definition) is 0. The van der Waals surface area contributed by atoms with E-state index in [1.54, 1.807) is 18.9 Å². The molecule has 92 valence electrons. The van der Waals surface area contributed by atoms with Gasteiger partial charge in [0.15, 0.2) is 0 Å². The molecule has 4 nitrogen and oxygen atoms in total. The second-order valence-electron chi connectivity index (χ2n) is 4.37. The molecular formula is C12H21NO3. The summed E-state index contributed by atoms with van der Waals surface area (Å²) in [6.45, 7) is 2.65. The minimum Gasteiger partial charge on any atom is -0.466 e. The van der Waals surface area contributed by atoms with E-state index in [-0.39, 0.29) is 11.9 Å². The third-order valence-electron chi connectivity index (χ3n) is 3.07. The fraction of sp³-hybridized carbons (Fsp3) is 0.833. The van der Waals surface area contributed by atoms with Crippen LogP contribution in [0.15, 0.2) is 0 Å². The van der Waals surface area contributed by atoms with Crippen LogP contribution in [0.5, 0.6) is 0 Å². The maximum absolute atomic E-state index is 11.7. The Morgan fingerprint density at radius 1 is 1.38 bits per heavy atom. The molecule has 1 saturated carbocycles. The van der Waals surface area contributed by atoms with Gasteiger partial charge in [-0.2, -0.15) is 0 Å². The molecule has 0 spiro atoms. The quantitative estimate of drug-likeness (QED) is 0.647. The van der Waals surface area contributed by atoms with Gasteiger partial charge in [0, 0.05) is 20.0 Å². The van der Waals surface area contributed by atoms with Gasteiger partial charge in [-0.25, -0.2) is 0 Å². The van der Waals surface area contributed by atoms with E-state index >= 15 is 0 Å². The summed E-state index contributed by atoms with van der Waals surface area (Å²) in [5.41, 5.74) is 0. The number of carbonyl (C=O) groups excluding carboxylic acids is 2. The van der Waals surface area contributed by atoms with Crippen molar-refractivity contribution in [2.24, 2.45) is 5.92 Å². The van der Waals surface area contributed by atoms with E-state index in [4.69, 9.17) is 4.74 Å². The molecule has 0 radical (unpaired) electrons. The van der Waals surface area contributed by atoms with Crippen molar-refractivity contribution in [2.75, 3.05) is 20.2 Å². The fourth-order valence-corrected chi connectivity index (χ4v) is 1.72. The maximum Gasteiger partial charge on any atom is 0.307 e. The van der Waals surface area contributed by atoms with Crippen molar-refractivity contribution in [1.82, 2.24) is 4.90 Å². The Morgan fingerprint density at radius 2 is 2.06 bits per heavy atom. The van der Waals surface area contributed by atoms with Crippen LogP contribution in [0.1, 0.15) is 39.0 Å². The molecule has 0 atom stereocenters. The zero-order chi connectivity index (χ0) is 12.0. The molecule has 1 aliphatic rings. The summed E-state index contributed by atoms with van der Waals surface area (Å²) in [6.07, 6.45) is 4.54. The zero-order valence-electron chi connectivity index (χ0n) is 10.2. The summed E-state index contributed by atoms with van der Waals surface area (Å²) < 4.78 is 4.81. The molecule has 1 amide bonds. The first kappa shape index (κ1) is 13.0. The van der Waals surface area contributed by atoms with Crippen LogP contribution in [0.3, 0.4) is 0 Å². The third kappa shape index (κ3) is 4.21. The Bertz CT molecular complexity index is 249. The summed E-state index contributed by atoms with van der Waals surface area (Å²) in [5, 5.41) is 0. The van der Waals surface area contributed by atoms with E-state index < -0.39 is 0 Å². The SMILES string of the molecule is CCOC(=O)CCN(C)C(=O)CC1CCC1. The average molecular weight is 227 g/mol. The van der Waals surface area contributed by atoms with Crippen molar-refractivity contribution in [3.8, 4) is 0 Å². The van der Waals surface area contributed by atoms with E-state index in [9.17, 15) is 9.59 Å². The van der Waals surface area contributed by atoms with Gasteiger partial charge >= 0.3 is 5.97 Å². The zero-order valence-corrected chi connectivity index (χ0v) is 10.2. The molecule has 0 aliphatic heterocycles. The lowest BCUT2D eigenvalue weighted by Crippen LogP contribution is -2.32. The van der Waals surface area contributed by atoms with Gasteiger partial charge in [0.2, 0.25) is 5.91 Å². The van der Waals surface area contributed by atoms with Crippen molar-refractivity contribution >= 4 is 11.9 Å². The summed E-state index contributed by atoms with van der Waals surface area (Å²) >= 11 is 0. The lowest BCUT2D eigenvalue weighted by atomic mass is 9.83. The van der Waals surface area contributed by atoms with Crippen molar-refractivity contribution in [3.63, 3.8) is 0 Å². The molecule has 0 saturated heterocycles. The van der Waals surface area contributed by atoms with E-state index in [1.165, 1.54) is 19.3 Å². The van der Waals surface area contributed by atoms with Crippen molar-refractivity contribution in [1.29, 1.82) is 0 Å². The highest BCUT2D eigenvalue weighted by atomic mass is 16.5. The van der Waals surface area contributed by atoms with Gasteiger partial charge in [-0.3, -0.25) is 9.59 Å². The van der Waals surface area contributed by atoms with E-state index in [0.29, 0.717) is 31.9 Å². The van der Waals surface area contributed by atoms with Gasteiger partial charge in [-0.05, 0) is 25.7 Å². The van der Waals surface area contributed by atoms with Crippen LogP contribution < -0.4 is 0 Å². The van der Waals surface area contributed by atoms with E-state index in [1.807, 2.05) is 0 Å². The van der Waals surface area contributed by atoms with Gasteiger partial charge in [0.1, 0.15) is 0 Å². The topological polar surface area (TPSA) is 46.6 Å². The molecule has 0 unspecified atom stereocenters. The van der Waals surface area contributed by atoms with Crippen LogP contribution >= 0.6 is 0 Å². The molecule has 1 aliphatic carbocycles. The molecule has 4 heteroatoms. The van der Waals surface area contributed by atoms with Crippen molar-refractivity contribution < 1.29 is 14.3 Å². The second-order valence-corrected chi connectivity index (χ2v) is 4.37. The number of esters is 1.